The van der Waals surface area contributed by atoms with Crippen molar-refractivity contribution in [3.63, 3.8) is 0 Å². The fourth-order valence-electron chi connectivity index (χ4n) is 2.82. The van der Waals surface area contributed by atoms with E-state index in [9.17, 15) is 13.2 Å². The summed E-state index contributed by atoms with van der Waals surface area (Å²) in [5.74, 6) is 1.28. The predicted octanol–water partition coefficient (Wildman–Crippen LogP) is 0.937. The van der Waals surface area contributed by atoms with Crippen LogP contribution < -0.4 is 15.8 Å². The number of carbonyl (C=O) groups excluding carboxylic acids is 1. The molecule has 0 aliphatic carbocycles. The van der Waals surface area contributed by atoms with Crippen molar-refractivity contribution < 1.29 is 13.2 Å². The van der Waals surface area contributed by atoms with Crippen molar-refractivity contribution in [1.82, 2.24) is 15.5 Å². The smallest absolute Gasteiger partial charge is 0.247 e. The van der Waals surface area contributed by atoms with Gasteiger partial charge < -0.3 is 15.5 Å². The van der Waals surface area contributed by atoms with Crippen molar-refractivity contribution in [3.05, 3.63) is 17.0 Å². The zero-order valence-electron chi connectivity index (χ0n) is 14.9. The van der Waals surface area contributed by atoms with E-state index in [1.54, 1.807) is 20.2 Å². The SMILES string of the molecule is CN=C(NCc1ccc(S(N)(=O)=O)s1)N1CCC(CC(=O)NC)CC1.I. The maximum atomic E-state index is 11.5. The molecule has 0 spiro atoms. The molecule has 1 amide bonds. The Morgan fingerprint density at radius 3 is 2.54 bits per heavy atom. The maximum Gasteiger partial charge on any atom is 0.247 e. The van der Waals surface area contributed by atoms with Crippen molar-refractivity contribution in [2.45, 2.75) is 30.0 Å². The number of likely N-dealkylation sites (tertiary alicyclic amines) is 1. The summed E-state index contributed by atoms with van der Waals surface area (Å²) in [6.45, 7) is 2.17. The molecule has 0 unspecified atom stereocenters. The molecule has 26 heavy (non-hydrogen) atoms. The monoisotopic (exact) mass is 515 g/mol. The van der Waals surface area contributed by atoms with Gasteiger partial charge in [0, 0.05) is 38.5 Å². The minimum atomic E-state index is -3.65. The zero-order valence-corrected chi connectivity index (χ0v) is 18.9. The molecule has 1 aromatic rings. The molecular formula is C15H26IN5O3S2. The molecule has 1 fully saturated rings. The number of sulfonamides is 1. The van der Waals surface area contributed by atoms with Crippen LogP contribution in [0.3, 0.4) is 0 Å². The van der Waals surface area contributed by atoms with Crippen LogP contribution in [0.15, 0.2) is 21.3 Å². The summed E-state index contributed by atoms with van der Waals surface area (Å²) in [4.78, 5) is 18.8. The van der Waals surface area contributed by atoms with Crippen LogP contribution in [0.4, 0.5) is 0 Å². The number of nitrogens with one attached hydrogen (secondary N) is 2. The van der Waals surface area contributed by atoms with E-state index < -0.39 is 10.0 Å². The van der Waals surface area contributed by atoms with Gasteiger partial charge in [-0.1, -0.05) is 0 Å². The summed E-state index contributed by atoms with van der Waals surface area (Å²) in [7, 11) is -0.260. The number of hydrogen-bond acceptors (Lipinski definition) is 5. The second-order valence-electron chi connectivity index (χ2n) is 5.97. The molecule has 1 aliphatic heterocycles. The highest BCUT2D eigenvalue weighted by molar-refractivity contribution is 14.0. The van der Waals surface area contributed by atoms with Crippen LogP contribution in [0.25, 0.3) is 0 Å². The number of guanidine groups is 1. The van der Waals surface area contributed by atoms with Crippen LogP contribution in [-0.2, 0) is 21.4 Å². The molecule has 0 aromatic carbocycles. The number of halogens is 1. The summed E-state index contributed by atoms with van der Waals surface area (Å²) in [6, 6.07) is 3.27. The van der Waals surface area contributed by atoms with Gasteiger partial charge in [-0.2, -0.15) is 0 Å². The number of amides is 1. The second-order valence-corrected chi connectivity index (χ2v) is 8.93. The highest BCUT2D eigenvalue weighted by Crippen LogP contribution is 2.22. The predicted molar refractivity (Wildman–Crippen MR) is 114 cm³/mol. The van der Waals surface area contributed by atoms with Crippen molar-refractivity contribution in [3.8, 4) is 0 Å². The van der Waals surface area contributed by atoms with Crippen LogP contribution in [0.2, 0.25) is 0 Å². The Kier molecular flexibility index (Phi) is 9.27. The summed E-state index contributed by atoms with van der Waals surface area (Å²) >= 11 is 1.16. The molecule has 0 atom stereocenters. The molecule has 1 aliphatic rings. The number of rotatable bonds is 5. The third-order valence-electron chi connectivity index (χ3n) is 4.22. The summed E-state index contributed by atoms with van der Waals surface area (Å²) in [5.41, 5.74) is 0. The molecule has 2 heterocycles. The number of aliphatic imine (C=N–C) groups is 1. The first-order valence-corrected chi connectivity index (χ1v) is 10.5. The van der Waals surface area contributed by atoms with Crippen LogP contribution in [0.5, 0.6) is 0 Å². The fourth-order valence-corrected chi connectivity index (χ4v) is 4.54. The van der Waals surface area contributed by atoms with Crippen molar-refractivity contribution in [1.29, 1.82) is 0 Å². The topological polar surface area (TPSA) is 117 Å². The van der Waals surface area contributed by atoms with E-state index in [-0.39, 0.29) is 34.1 Å². The largest absolute Gasteiger partial charge is 0.359 e. The molecule has 11 heteroatoms. The van der Waals surface area contributed by atoms with E-state index in [0.29, 0.717) is 18.9 Å². The van der Waals surface area contributed by atoms with Gasteiger partial charge in [0.2, 0.25) is 15.9 Å². The molecule has 4 N–H and O–H groups in total. The number of primary sulfonamides is 1. The highest BCUT2D eigenvalue weighted by Gasteiger charge is 2.23. The Bertz CT molecular complexity index is 727. The minimum absolute atomic E-state index is 0. The Hall–Kier alpha value is -0.920. The van der Waals surface area contributed by atoms with Crippen LogP contribution in [0.1, 0.15) is 24.1 Å². The minimum Gasteiger partial charge on any atom is -0.359 e. The standard InChI is InChI=1S/C15H25N5O3S2.HI/c1-17-13(21)9-11-5-7-20(8-6-11)15(18-2)19-10-12-3-4-14(24-12)25(16,22)23;/h3-4,11H,5-10H2,1-2H3,(H,17,21)(H,18,19)(H2,16,22,23);1H. The van der Waals surface area contributed by atoms with Gasteiger partial charge in [-0.15, -0.1) is 35.3 Å². The van der Waals surface area contributed by atoms with Gasteiger partial charge in [0.05, 0.1) is 6.54 Å². The summed E-state index contributed by atoms with van der Waals surface area (Å²) < 4.78 is 22.8. The van der Waals surface area contributed by atoms with Gasteiger partial charge in [0.1, 0.15) is 4.21 Å². The first kappa shape index (κ1) is 23.1. The van der Waals surface area contributed by atoms with Crippen molar-refractivity contribution >= 4 is 57.2 Å². The maximum absolute atomic E-state index is 11.5. The van der Waals surface area contributed by atoms with E-state index in [1.165, 1.54) is 6.07 Å². The van der Waals surface area contributed by atoms with E-state index in [0.717, 1.165) is 48.1 Å². The van der Waals surface area contributed by atoms with Gasteiger partial charge in [-0.3, -0.25) is 9.79 Å². The third kappa shape index (κ3) is 6.67. The second kappa shape index (κ2) is 10.4. The fraction of sp³-hybridized carbons (Fsp3) is 0.600. The average molecular weight is 515 g/mol. The van der Waals surface area contributed by atoms with Crippen LogP contribution in [0, 0.1) is 5.92 Å². The number of nitrogens with two attached hydrogens (primary N) is 1. The lowest BCUT2D eigenvalue weighted by atomic mass is 9.93. The summed E-state index contributed by atoms with van der Waals surface area (Å²) in [6.07, 6.45) is 2.47. The molecular weight excluding hydrogens is 489 g/mol. The number of carbonyl (C=O) groups is 1. The molecule has 1 aromatic heterocycles. The molecule has 0 radical (unpaired) electrons. The number of piperidine rings is 1. The Morgan fingerprint density at radius 1 is 1.38 bits per heavy atom. The van der Waals surface area contributed by atoms with Gasteiger partial charge >= 0.3 is 0 Å². The molecule has 1 saturated heterocycles. The van der Waals surface area contributed by atoms with Gasteiger partial charge in [0.15, 0.2) is 5.96 Å². The average Bonchev–Trinajstić information content (AvgIpc) is 3.06. The van der Waals surface area contributed by atoms with E-state index in [1.807, 2.05) is 0 Å². The lowest BCUT2D eigenvalue weighted by Gasteiger charge is -2.34. The number of nitrogens with zero attached hydrogens (tertiary/aromatic N) is 2. The third-order valence-corrected chi connectivity index (χ3v) is 6.74. The lowest BCUT2D eigenvalue weighted by Crippen LogP contribution is -2.45. The Labute approximate surface area is 175 Å². The molecule has 0 saturated carbocycles. The molecule has 0 bridgehead atoms. The van der Waals surface area contributed by atoms with Gasteiger partial charge in [0.25, 0.3) is 0 Å². The van der Waals surface area contributed by atoms with Crippen LogP contribution >= 0.6 is 35.3 Å². The van der Waals surface area contributed by atoms with E-state index >= 15 is 0 Å². The first-order chi connectivity index (χ1) is 11.8. The van der Waals surface area contributed by atoms with Crippen LogP contribution in [-0.4, -0.2) is 52.4 Å². The number of hydrogen-bond donors (Lipinski definition) is 3. The molecule has 2 rings (SSSR count). The quantitative estimate of drug-likeness (QED) is 0.307. The lowest BCUT2D eigenvalue weighted by molar-refractivity contribution is -0.121. The van der Waals surface area contributed by atoms with E-state index in [4.69, 9.17) is 5.14 Å². The Balaban J connectivity index is 0.00000338. The normalized spacial score (nSPS) is 16.1. The van der Waals surface area contributed by atoms with Gasteiger partial charge in [-0.05, 0) is 30.9 Å². The zero-order chi connectivity index (χ0) is 18.4. The van der Waals surface area contributed by atoms with Gasteiger partial charge in [-0.25, -0.2) is 13.6 Å². The molecule has 148 valence electrons. The Morgan fingerprint density at radius 2 is 2.04 bits per heavy atom. The summed E-state index contributed by atoms with van der Waals surface area (Å²) in [5, 5.41) is 11.1. The highest BCUT2D eigenvalue weighted by atomic mass is 127. The van der Waals surface area contributed by atoms with E-state index in [2.05, 4.69) is 20.5 Å². The number of thiophene rings is 1. The van der Waals surface area contributed by atoms with Crippen molar-refractivity contribution in [2.24, 2.45) is 16.0 Å². The first-order valence-electron chi connectivity index (χ1n) is 8.11. The molecule has 8 nitrogen and oxygen atoms in total. The van der Waals surface area contributed by atoms with Crippen molar-refractivity contribution in [2.75, 3.05) is 27.2 Å².